The van der Waals surface area contributed by atoms with Gasteiger partial charge in [0.05, 0.1) is 29.8 Å². The van der Waals surface area contributed by atoms with Gasteiger partial charge < -0.3 is 14.8 Å². The number of nitrogens with zero attached hydrogens (tertiary/aromatic N) is 5. The average molecular weight is 469 g/mol. The van der Waals surface area contributed by atoms with E-state index in [1.807, 2.05) is 6.20 Å². The van der Waals surface area contributed by atoms with Crippen LogP contribution < -0.4 is 5.32 Å². The highest BCUT2D eigenvalue weighted by Crippen LogP contribution is 2.41. The molecule has 0 unspecified atom stereocenters. The highest BCUT2D eigenvalue weighted by molar-refractivity contribution is 5.44. The zero-order chi connectivity index (χ0) is 23.7. The van der Waals surface area contributed by atoms with E-state index in [1.165, 1.54) is 31.4 Å². The minimum atomic E-state index is 0.182. The van der Waals surface area contributed by atoms with Gasteiger partial charge in [0.25, 0.3) is 0 Å². The summed E-state index contributed by atoms with van der Waals surface area (Å²) in [5.41, 5.74) is 3.80. The molecule has 0 spiro atoms. The topological polar surface area (TPSA) is 77.3 Å². The Morgan fingerprint density at radius 1 is 1.06 bits per heavy atom. The maximum absolute atomic E-state index is 5.63. The van der Waals surface area contributed by atoms with Crippen molar-refractivity contribution >= 4 is 5.82 Å². The Kier molecular flexibility index (Phi) is 6.91. The summed E-state index contributed by atoms with van der Waals surface area (Å²) in [5, 5.41) is 17.2. The van der Waals surface area contributed by atoms with Gasteiger partial charge in [-0.2, -0.15) is 10.2 Å². The number of likely N-dealkylation sites (tertiary alicyclic amines) is 1. The Morgan fingerprint density at radius 2 is 1.76 bits per heavy atom. The quantitative estimate of drug-likeness (QED) is 0.600. The molecule has 34 heavy (non-hydrogen) atoms. The second-order valence-corrected chi connectivity index (χ2v) is 10.9. The van der Waals surface area contributed by atoms with E-state index in [0.717, 1.165) is 56.1 Å². The summed E-state index contributed by atoms with van der Waals surface area (Å²) in [4.78, 5) is 2.52. The number of hydrogen-bond acceptors (Lipinski definition) is 7. The van der Waals surface area contributed by atoms with E-state index < -0.39 is 0 Å². The van der Waals surface area contributed by atoms with E-state index in [4.69, 9.17) is 14.6 Å². The van der Waals surface area contributed by atoms with Crippen molar-refractivity contribution in [2.75, 3.05) is 39.2 Å². The largest absolute Gasteiger partial charge is 0.377 e. The van der Waals surface area contributed by atoms with Gasteiger partial charge in [-0.05, 0) is 56.4 Å². The maximum Gasteiger partial charge on any atom is 0.151 e. The molecule has 2 aromatic heterocycles. The van der Waals surface area contributed by atoms with E-state index in [2.05, 4.69) is 51.1 Å². The van der Waals surface area contributed by atoms with Crippen LogP contribution in [0.4, 0.5) is 5.82 Å². The van der Waals surface area contributed by atoms with Gasteiger partial charge in [0.2, 0.25) is 0 Å². The van der Waals surface area contributed by atoms with Gasteiger partial charge >= 0.3 is 0 Å². The first kappa shape index (κ1) is 23.7. The van der Waals surface area contributed by atoms with Gasteiger partial charge in [0.1, 0.15) is 0 Å². The van der Waals surface area contributed by atoms with Crippen LogP contribution >= 0.6 is 0 Å². The molecule has 8 heteroatoms. The van der Waals surface area contributed by atoms with Gasteiger partial charge in [-0.15, -0.1) is 5.10 Å². The standard InChI is InChI=1S/C26H40N6O2/c1-5-19-12-22(18-6-7-18)32(30-19)21-13-25(29-27-14-21)28-20-8-10-26(2,11-9-20)17-31-15-23(33-3)24(16-31)34-4/h12-14,18,20,23-24H,5-11,15-17H2,1-4H3,(H,28,29)/t20?,23-,24-,26?/m1/s1. The van der Waals surface area contributed by atoms with Gasteiger partial charge in [-0.3, -0.25) is 4.90 Å². The Balaban J connectivity index is 1.19. The highest BCUT2D eigenvalue weighted by Gasteiger charge is 2.38. The van der Waals surface area contributed by atoms with E-state index in [9.17, 15) is 0 Å². The molecule has 186 valence electrons. The summed E-state index contributed by atoms with van der Waals surface area (Å²) in [7, 11) is 3.58. The SMILES string of the molecule is CCc1cc(C2CC2)n(-c2cnnc(NC3CCC(C)(CN4C[C@@H](OC)[C@H](OC)C4)CC3)c2)n1. The van der Waals surface area contributed by atoms with E-state index in [1.54, 1.807) is 14.2 Å². The maximum atomic E-state index is 5.63. The fourth-order valence-electron chi connectivity index (χ4n) is 5.81. The summed E-state index contributed by atoms with van der Waals surface area (Å²) in [6.07, 6.45) is 10.4. The molecule has 5 rings (SSSR count). The van der Waals surface area contributed by atoms with Gasteiger partial charge in [0, 0.05) is 57.6 Å². The third-order valence-electron chi connectivity index (χ3n) is 8.08. The first-order chi connectivity index (χ1) is 16.5. The molecule has 3 heterocycles. The molecule has 2 saturated carbocycles. The van der Waals surface area contributed by atoms with Gasteiger partial charge in [-0.25, -0.2) is 4.68 Å². The van der Waals surface area contributed by atoms with Crippen LogP contribution in [-0.4, -0.2) is 77.0 Å². The lowest BCUT2D eigenvalue weighted by Gasteiger charge is -2.40. The fourth-order valence-corrected chi connectivity index (χ4v) is 5.81. The number of rotatable bonds is 9. The summed E-state index contributed by atoms with van der Waals surface area (Å²) < 4.78 is 13.3. The normalized spacial score (nSPS) is 30.1. The molecular weight excluding hydrogens is 428 g/mol. The molecule has 0 radical (unpaired) electrons. The van der Waals surface area contributed by atoms with E-state index >= 15 is 0 Å². The molecule has 1 aliphatic heterocycles. The monoisotopic (exact) mass is 468 g/mol. The lowest BCUT2D eigenvalue weighted by atomic mass is 9.73. The van der Waals surface area contributed by atoms with Gasteiger partial charge in [-0.1, -0.05) is 13.8 Å². The van der Waals surface area contributed by atoms with Crippen molar-refractivity contribution in [3.63, 3.8) is 0 Å². The van der Waals surface area contributed by atoms with Gasteiger partial charge in [0.15, 0.2) is 5.82 Å². The molecule has 2 aliphatic carbocycles. The van der Waals surface area contributed by atoms with Crippen molar-refractivity contribution in [1.29, 1.82) is 0 Å². The average Bonchev–Trinajstić information content (AvgIpc) is 3.48. The second kappa shape index (κ2) is 9.91. The van der Waals surface area contributed by atoms with Crippen molar-refractivity contribution in [2.45, 2.75) is 83.0 Å². The molecule has 2 atom stereocenters. The number of methoxy groups -OCH3 is 2. The number of aryl methyl sites for hydroxylation is 1. The predicted octanol–water partition coefficient (Wildman–Crippen LogP) is 3.81. The van der Waals surface area contributed by atoms with Crippen LogP contribution in [0.15, 0.2) is 18.3 Å². The van der Waals surface area contributed by atoms with Crippen LogP contribution in [0.25, 0.3) is 5.69 Å². The van der Waals surface area contributed by atoms with Crippen LogP contribution in [0.2, 0.25) is 0 Å². The zero-order valence-electron chi connectivity index (χ0n) is 21.2. The first-order valence-corrected chi connectivity index (χ1v) is 13.0. The number of ether oxygens (including phenoxy) is 2. The third kappa shape index (κ3) is 5.14. The first-order valence-electron chi connectivity index (χ1n) is 13.0. The van der Waals surface area contributed by atoms with Crippen molar-refractivity contribution < 1.29 is 9.47 Å². The van der Waals surface area contributed by atoms with Crippen LogP contribution in [0.1, 0.15) is 69.7 Å². The summed E-state index contributed by atoms with van der Waals surface area (Å²) in [6, 6.07) is 4.80. The molecule has 2 aromatic rings. The Hall–Kier alpha value is -2.03. The Morgan fingerprint density at radius 3 is 2.38 bits per heavy atom. The molecule has 3 aliphatic rings. The minimum Gasteiger partial charge on any atom is -0.377 e. The fraction of sp³-hybridized carbons (Fsp3) is 0.731. The third-order valence-corrected chi connectivity index (χ3v) is 8.08. The number of anilines is 1. The van der Waals surface area contributed by atoms with Crippen molar-refractivity contribution in [2.24, 2.45) is 5.41 Å². The molecule has 1 saturated heterocycles. The van der Waals surface area contributed by atoms with E-state index in [0.29, 0.717) is 17.4 Å². The minimum absolute atomic E-state index is 0.182. The highest BCUT2D eigenvalue weighted by atomic mass is 16.5. The number of nitrogens with one attached hydrogen (secondary N) is 1. The molecular formula is C26H40N6O2. The van der Waals surface area contributed by atoms with Crippen molar-refractivity contribution in [3.05, 3.63) is 29.7 Å². The lowest BCUT2D eigenvalue weighted by molar-refractivity contribution is -0.00461. The molecule has 8 nitrogen and oxygen atoms in total. The lowest BCUT2D eigenvalue weighted by Crippen LogP contribution is -2.40. The van der Waals surface area contributed by atoms with Crippen molar-refractivity contribution in [1.82, 2.24) is 24.9 Å². The van der Waals surface area contributed by atoms with Crippen LogP contribution in [0.5, 0.6) is 0 Å². The molecule has 0 bridgehead atoms. The van der Waals surface area contributed by atoms with Crippen LogP contribution in [0, 0.1) is 5.41 Å². The smallest absolute Gasteiger partial charge is 0.151 e. The Bertz CT molecular complexity index is 954. The van der Waals surface area contributed by atoms with Crippen molar-refractivity contribution in [3.8, 4) is 5.69 Å². The molecule has 0 amide bonds. The summed E-state index contributed by atoms with van der Waals surface area (Å²) in [6.45, 7) is 7.63. The number of hydrogen-bond donors (Lipinski definition) is 1. The molecule has 1 N–H and O–H groups in total. The molecule has 0 aromatic carbocycles. The van der Waals surface area contributed by atoms with Crippen LogP contribution in [-0.2, 0) is 15.9 Å². The molecule has 3 fully saturated rings. The summed E-state index contributed by atoms with van der Waals surface area (Å²) in [5.74, 6) is 1.49. The van der Waals surface area contributed by atoms with Crippen LogP contribution in [0.3, 0.4) is 0 Å². The van der Waals surface area contributed by atoms with E-state index in [-0.39, 0.29) is 12.2 Å². The number of aromatic nitrogens is 4. The Labute approximate surface area is 203 Å². The predicted molar refractivity (Wildman–Crippen MR) is 133 cm³/mol. The zero-order valence-corrected chi connectivity index (χ0v) is 21.2. The summed E-state index contributed by atoms with van der Waals surface area (Å²) >= 11 is 0. The second-order valence-electron chi connectivity index (χ2n) is 10.9.